The molecule has 0 bridgehead atoms. The maximum absolute atomic E-state index is 12.2. The second-order valence-corrected chi connectivity index (χ2v) is 7.09. The van der Waals surface area contributed by atoms with Gasteiger partial charge in [-0.3, -0.25) is 9.71 Å². The van der Waals surface area contributed by atoms with E-state index in [1.807, 2.05) is 18.4 Å². The Morgan fingerprint density at radius 3 is 2.68 bits per heavy atom. The number of aromatic nitrogens is 1. The van der Waals surface area contributed by atoms with Gasteiger partial charge in [-0.1, -0.05) is 12.1 Å². The Bertz CT molecular complexity index is 690. The molecule has 1 aromatic carbocycles. The number of benzene rings is 1. The number of rotatable bonds is 4. The number of thioether (sulfide) groups is 1. The van der Waals surface area contributed by atoms with Crippen LogP contribution in [0, 0.1) is 0 Å². The molecule has 4 nitrogen and oxygen atoms in total. The van der Waals surface area contributed by atoms with Crippen LogP contribution in [0.15, 0.2) is 57.0 Å². The van der Waals surface area contributed by atoms with Crippen molar-refractivity contribution in [3.05, 3.63) is 47.2 Å². The van der Waals surface area contributed by atoms with E-state index >= 15 is 0 Å². The summed E-state index contributed by atoms with van der Waals surface area (Å²) >= 11 is 4.69. The van der Waals surface area contributed by atoms with Crippen LogP contribution in [-0.4, -0.2) is 19.7 Å². The van der Waals surface area contributed by atoms with Gasteiger partial charge in [-0.2, -0.15) is 0 Å². The Hall–Kier alpha value is -1.05. The maximum atomic E-state index is 12.2. The predicted molar refractivity (Wildman–Crippen MR) is 81.0 cm³/mol. The summed E-state index contributed by atoms with van der Waals surface area (Å²) in [7, 11) is -3.62. The molecule has 0 aliphatic carbocycles. The zero-order valence-electron chi connectivity index (χ0n) is 10.00. The van der Waals surface area contributed by atoms with E-state index in [4.69, 9.17) is 0 Å². The third-order valence-corrected chi connectivity index (χ3v) is 4.90. The summed E-state index contributed by atoms with van der Waals surface area (Å²) in [5, 5.41) is 0. The molecule has 0 spiro atoms. The number of anilines is 1. The molecule has 0 aliphatic heterocycles. The Labute approximate surface area is 124 Å². The number of sulfonamides is 1. The number of pyridine rings is 1. The largest absolute Gasteiger partial charge is 0.278 e. The smallest absolute Gasteiger partial charge is 0.263 e. The van der Waals surface area contributed by atoms with Gasteiger partial charge in [-0.25, -0.2) is 8.42 Å². The van der Waals surface area contributed by atoms with Crippen molar-refractivity contribution in [2.45, 2.75) is 9.79 Å². The lowest BCUT2D eigenvalue weighted by Gasteiger charge is -2.11. The SMILES string of the molecule is CSc1ccccc1NS(=O)(=O)c1cncc(Br)c1. The molecule has 1 aromatic heterocycles. The van der Waals surface area contributed by atoms with Crippen molar-refractivity contribution in [2.24, 2.45) is 0 Å². The van der Waals surface area contributed by atoms with Gasteiger partial charge in [-0.15, -0.1) is 11.8 Å². The minimum Gasteiger partial charge on any atom is -0.278 e. The molecule has 2 aromatic rings. The third-order valence-electron chi connectivity index (χ3n) is 2.34. The van der Waals surface area contributed by atoms with Crippen LogP contribution in [0.3, 0.4) is 0 Å². The number of hydrogen-bond donors (Lipinski definition) is 1. The topological polar surface area (TPSA) is 59.1 Å². The van der Waals surface area contributed by atoms with Crippen molar-refractivity contribution >= 4 is 43.4 Å². The van der Waals surface area contributed by atoms with Gasteiger partial charge in [0.25, 0.3) is 10.0 Å². The first-order valence-electron chi connectivity index (χ1n) is 5.29. The van der Waals surface area contributed by atoms with Crippen LogP contribution < -0.4 is 4.72 Å². The molecular formula is C12H11BrN2O2S2. The molecule has 0 atom stereocenters. The second kappa shape index (κ2) is 5.94. The number of para-hydroxylation sites is 1. The van der Waals surface area contributed by atoms with E-state index in [9.17, 15) is 8.42 Å². The van der Waals surface area contributed by atoms with Gasteiger partial charge in [0.1, 0.15) is 4.90 Å². The van der Waals surface area contributed by atoms with Crippen molar-refractivity contribution in [1.82, 2.24) is 4.98 Å². The summed E-state index contributed by atoms with van der Waals surface area (Å²) in [6.07, 6.45) is 4.75. The van der Waals surface area contributed by atoms with Crippen LogP contribution in [0.1, 0.15) is 0 Å². The standard InChI is InChI=1S/C12H11BrN2O2S2/c1-18-12-5-3-2-4-11(12)15-19(16,17)10-6-9(13)7-14-8-10/h2-8,15H,1H3. The fourth-order valence-corrected chi connectivity index (χ4v) is 3.67. The minimum atomic E-state index is -3.62. The maximum Gasteiger partial charge on any atom is 0.263 e. The van der Waals surface area contributed by atoms with Crippen molar-refractivity contribution in [1.29, 1.82) is 0 Å². The van der Waals surface area contributed by atoms with Crippen LogP contribution in [0.25, 0.3) is 0 Å². The lowest BCUT2D eigenvalue weighted by atomic mass is 10.3. The summed E-state index contributed by atoms with van der Waals surface area (Å²) < 4.78 is 27.7. The van der Waals surface area contributed by atoms with E-state index in [1.54, 1.807) is 12.1 Å². The summed E-state index contributed by atoms with van der Waals surface area (Å²) in [5.74, 6) is 0. The molecule has 100 valence electrons. The van der Waals surface area contributed by atoms with Gasteiger partial charge in [0.15, 0.2) is 0 Å². The number of nitrogens with one attached hydrogen (secondary N) is 1. The van der Waals surface area contributed by atoms with E-state index < -0.39 is 10.0 Å². The van der Waals surface area contributed by atoms with Crippen molar-refractivity contribution in [3.63, 3.8) is 0 Å². The Kier molecular flexibility index (Phi) is 4.49. The molecule has 0 unspecified atom stereocenters. The van der Waals surface area contributed by atoms with E-state index in [1.165, 1.54) is 30.2 Å². The summed E-state index contributed by atoms with van der Waals surface area (Å²) in [6, 6.07) is 8.76. The van der Waals surface area contributed by atoms with Crippen LogP contribution in [0.4, 0.5) is 5.69 Å². The number of halogens is 1. The molecule has 1 N–H and O–H groups in total. The van der Waals surface area contributed by atoms with Gasteiger partial charge < -0.3 is 0 Å². The van der Waals surface area contributed by atoms with Gasteiger partial charge in [0.2, 0.25) is 0 Å². The second-order valence-electron chi connectivity index (χ2n) is 3.64. The van der Waals surface area contributed by atoms with Gasteiger partial charge >= 0.3 is 0 Å². The van der Waals surface area contributed by atoms with Crippen LogP contribution >= 0.6 is 27.7 Å². The van der Waals surface area contributed by atoms with Crippen molar-refractivity contribution in [2.75, 3.05) is 11.0 Å². The van der Waals surface area contributed by atoms with E-state index in [-0.39, 0.29) is 4.90 Å². The normalized spacial score (nSPS) is 11.3. The van der Waals surface area contributed by atoms with Gasteiger partial charge in [-0.05, 0) is 40.4 Å². The highest BCUT2D eigenvalue weighted by atomic mass is 79.9. The van der Waals surface area contributed by atoms with E-state index in [0.29, 0.717) is 10.2 Å². The molecule has 19 heavy (non-hydrogen) atoms. The average Bonchev–Trinajstić information content (AvgIpc) is 2.39. The molecule has 0 fully saturated rings. The molecule has 0 saturated carbocycles. The first-order valence-corrected chi connectivity index (χ1v) is 8.79. The van der Waals surface area contributed by atoms with Crippen molar-refractivity contribution in [3.8, 4) is 0 Å². The summed E-state index contributed by atoms with van der Waals surface area (Å²) in [4.78, 5) is 4.86. The van der Waals surface area contributed by atoms with Gasteiger partial charge in [0, 0.05) is 21.8 Å². The van der Waals surface area contributed by atoms with Crippen LogP contribution in [0.5, 0.6) is 0 Å². The lowest BCUT2D eigenvalue weighted by Crippen LogP contribution is -2.13. The Morgan fingerprint density at radius 2 is 2.00 bits per heavy atom. The Morgan fingerprint density at radius 1 is 1.26 bits per heavy atom. The molecule has 2 rings (SSSR count). The van der Waals surface area contributed by atoms with Crippen LogP contribution in [0.2, 0.25) is 0 Å². The fourth-order valence-electron chi connectivity index (χ4n) is 1.47. The first kappa shape index (κ1) is 14.4. The third kappa shape index (κ3) is 3.49. The molecule has 7 heteroatoms. The summed E-state index contributed by atoms with van der Waals surface area (Å²) in [5.41, 5.74) is 0.565. The monoisotopic (exact) mass is 358 g/mol. The fraction of sp³-hybridized carbons (Fsp3) is 0.0833. The minimum absolute atomic E-state index is 0.123. The highest BCUT2D eigenvalue weighted by Gasteiger charge is 2.16. The predicted octanol–water partition coefficient (Wildman–Crippen LogP) is 3.37. The zero-order chi connectivity index (χ0) is 13.9. The summed E-state index contributed by atoms with van der Waals surface area (Å²) in [6.45, 7) is 0. The van der Waals surface area contributed by atoms with E-state index in [2.05, 4.69) is 25.6 Å². The Balaban J connectivity index is 2.37. The van der Waals surface area contributed by atoms with Gasteiger partial charge in [0.05, 0.1) is 5.69 Å². The highest BCUT2D eigenvalue weighted by molar-refractivity contribution is 9.10. The molecule has 1 heterocycles. The van der Waals surface area contributed by atoms with Crippen molar-refractivity contribution < 1.29 is 8.42 Å². The average molecular weight is 359 g/mol. The molecule has 0 saturated heterocycles. The number of hydrogen-bond acceptors (Lipinski definition) is 4. The zero-order valence-corrected chi connectivity index (χ0v) is 13.2. The lowest BCUT2D eigenvalue weighted by molar-refractivity contribution is 0.600. The van der Waals surface area contributed by atoms with Crippen LogP contribution in [-0.2, 0) is 10.0 Å². The molecule has 0 amide bonds. The molecule has 0 aliphatic rings. The van der Waals surface area contributed by atoms with E-state index in [0.717, 1.165) is 4.90 Å². The first-order chi connectivity index (χ1) is 9.03. The molecule has 0 radical (unpaired) electrons. The quantitative estimate of drug-likeness (QED) is 0.851. The highest BCUT2D eigenvalue weighted by Crippen LogP contribution is 2.27. The molecular weight excluding hydrogens is 348 g/mol. The number of nitrogens with zero attached hydrogens (tertiary/aromatic N) is 1.